The van der Waals surface area contributed by atoms with Gasteiger partial charge in [-0.1, -0.05) is 23.2 Å². The highest BCUT2D eigenvalue weighted by molar-refractivity contribution is 9.10. The minimum absolute atomic E-state index is 0.0954. The maximum Gasteiger partial charge on any atom is 0.269 e. The van der Waals surface area contributed by atoms with Crippen LogP contribution in [0.5, 0.6) is 5.75 Å². The van der Waals surface area contributed by atoms with E-state index >= 15 is 0 Å². The Kier molecular flexibility index (Phi) is 7.22. The van der Waals surface area contributed by atoms with Crippen LogP contribution in [0.4, 0.5) is 0 Å². The van der Waals surface area contributed by atoms with Crippen LogP contribution < -0.4 is 20.9 Å². The summed E-state index contributed by atoms with van der Waals surface area (Å²) in [5.74, 6) is -0.391. The van der Waals surface area contributed by atoms with Crippen molar-refractivity contribution in [2.45, 2.75) is 0 Å². The van der Waals surface area contributed by atoms with E-state index in [9.17, 15) is 9.59 Å². The van der Waals surface area contributed by atoms with Crippen molar-refractivity contribution in [3.05, 3.63) is 62.0 Å². The fourth-order valence-electron chi connectivity index (χ4n) is 1.87. The third kappa shape index (κ3) is 5.31. The first-order chi connectivity index (χ1) is 12.3. The molecule has 136 valence electrons. The summed E-state index contributed by atoms with van der Waals surface area (Å²) in [5, 5.41) is 2.90. The number of nitrogens with one attached hydrogen (secondary N) is 3. The number of rotatable bonds is 3. The normalized spacial score (nSPS) is 10.0. The Hall–Kier alpha value is -1.87. The van der Waals surface area contributed by atoms with Crippen LogP contribution in [0.2, 0.25) is 10.0 Å². The van der Waals surface area contributed by atoms with E-state index in [0.29, 0.717) is 20.8 Å². The molecule has 0 spiro atoms. The fraction of sp³-hybridized carbons (Fsp3) is 0.0625. The van der Waals surface area contributed by atoms with Crippen LogP contribution in [-0.2, 0) is 0 Å². The maximum absolute atomic E-state index is 12.1. The van der Waals surface area contributed by atoms with Crippen molar-refractivity contribution < 1.29 is 14.3 Å². The second-order valence-electron chi connectivity index (χ2n) is 4.84. The van der Waals surface area contributed by atoms with Gasteiger partial charge in [-0.05, 0) is 64.5 Å². The van der Waals surface area contributed by atoms with E-state index in [1.807, 2.05) is 0 Å². The lowest BCUT2D eigenvalue weighted by atomic mass is 10.2. The maximum atomic E-state index is 12.1. The zero-order chi connectivity index (χ0) is 19.3. The SMILES string of the molecule is COc1ccc(C(=O)NNC(=S)NC(=O)c2ccc(Cl)cc2Cl)cc1Br. The van der Waals surface area contributed by atoms with Gasteiger partial charge in [0.1, 0.15) is 5.75 Å². The first-order valence-corrected chi connectivity index (χ1v) is 8.97. The molecule has 0 aliphatic carbocycles. The lowest BCUT2D eigenvalue weighted by Gasteiger charge is -2.12. The monoisotopic (exact) mass is 475 g/mol. The van der Waals surface area contributed by atoms with Crippen molar-refractivity contribution in [3.8, 4) is 5.75 Å². The Morgan fingerprint density at radius 3 is 2.42 bits per heavy atom. The fourth-order valence-corrected chi connectivity index (χ4v) is 3.05. The third-order valence-electron chi connectivity index (χ3n) is 3.11. The van der Waals surface area contributed by atoms with Crippen LogP contribution in [0, 0.1) is 0 Å². The van der Waals surface area contributed by atoms with E-state index < -0.39 is 11.8 Å². The van der Waals surface area contributed by atoms with Gasteiger partial charge in [0.05, 0.1) is 22.2 Å². The summed E-state index contributed by atoms with van der Waals surface area (Å²) in [7, 11) is 1.52. The van der Waals surface area contributed by atoms with Crippen LogP contribution in [0.15, 0.2) is 40.9 Å². The van der Waals surface area contributed by atoms with Gasteiger partial charge in [0, 0.05) is 10.6 Å². The second-order valence-corrected chi connectivity index (χ2v) is 6.94. The highest BCUT2D eigenvalue weighted by Gasteiger charge is 2.13. The molecule has 2 aromatic rings. The van der Waals surface area contributed by atoms with Crippen molar-refractivity contribution in [1.29, 1.82) is 0 Å². The minimum Gasteiger partial charge on any atom is -0.496 e. The van der Waals surface area contributed by atoms with Crippen molar-refractivity contribution >= 4 is 68.3 Å². The van der Waals surface area contributed by atoms with E-state index in [1.54, 1.807) is 18.2 Å². The Bertz CT molecular complexity index is 880. The minimum atomic E-state index is -0.536. The first kappa shape index (κ1) is 20.4. The highest BCUT2D eigenvalue weighted by atomic mass is 79.9. The van der Waals surface area contributed by atoms with Crippen LogP contribution >= 0.6 is 51.3 Å². The predicted molar refractivity (Wildman–Crippen MR) is 108 cm³/mol. The molecule has 0 unspecified atom stereocenters. The molecule has 0 fully saturated rings. The van der Waals surface area contributed by atoms with E-state index in [0.717, 1.165) is 0 Å². The molecule has 2 amide bonds. The zero-order valence-electron chi connectivity index (χ0n) is 13.2. The van der Waals surface area contributed by atoms with Gasteiger partial charge in [-0.15, -0.1) is 0 Å². The summed E-state index contributed by atoms with van der Waals surface area (Å²) < 4.78 is 5.73. The summed E-state index contributed by atoms with van der Waals surface area (Å²) in [5.41, 5.74) is 5.39. The second kappa shape index (κ2) is 9.18. The number of methoxy groups -OCH3 is 1. The largest absolute Gasteiger partial charge is 0.496 e. The molecule has 0 radical (unpaired) electrons. The molecular formula is C16H12BrCl2N3O3S. The lowest BCUT2D eigenvalue weighted by molar-refractivity contribution is 0.0934. The van der Waals surface area contributed by atoms with Gasteiger partial charge in [0.25, 0.3) is 11.8 Å². The van der Waals surface area contributed by atoms with Gasteiger partial charge in [0.15, 0.2) is 5.11 Å². The number of carbonyl (C=O) groups is 2. The van der Waals surface area contributed by atoms with Crippen LogP contribution in [0.1, 0.15) is 20.7 Å². The predicted octanol–water partition coefficient (Wildman–Crippen LogP) is 3.71. The molecule has 0 heterocycles. The molecular weight excluding hydrogens is 465 g/mol. The Labute approximate surface area is 173 Å². The molecule has 0 aromatic heterocycles. The van der Waals surface area contributed by atoms with Crippen LogP contribution in [0.25, 0.3) is 0 Å². The van der Waals surface area contributed by atoms with Crippen molar-refractivity contribution in [3.63, 3.8) is 0 Å². The number of thiocarbonyl (C=S) groups is 1. The van der Waals surface area contributed by atoms with Gasteiger partial charge in [-0.3, -0.25) is 25.8 Å². The van der Waals surface area contributed by atoms with E-state index in [1.165, 1.54) is 25.3 Å². The Morgan fingerprint density at radius 2 is 1.81 bits per heavy atom. The molecule has 2 rings (SSSR count). The molecule has 3 N–H and O–H groups in total. The molecule has 0 aliphatic rings. The van der Waals surface area contributed by atoms with Gasteiger partial charge < -0.3 is 4.74 Å². The molecule has 2 aromatic carbocycles. The lowest BCUT2D eigenvalue weighted by Crippen LogP contribution is -2.48. The summed E-state index contributed by atoms with van der Waals surface area (Å²) in [6, 6.07) is 9.25. The quantitative estimate of drug-likeness (QED) is 0.464. The number of halogens is 3. The average Bonchev–Trinajstić information content (AvgIpc) is 2.59. The van der Waals surface area contributed by atoms with E-state index in [4.69, 9.17) is 40.2 Å². The van der Waals surface area contributed by atoms with Crippen molar-refractivity contribution in [2.24, 2.45) is 0 Å². The topological polar surface area (TPSA) is 79.5 Å². The van der Waals surface area contributed by atoms with Gasteiger partial charge in [-0.25, -0.2) is 0 Å². The van der Waals surface area contributed by atoms with E-state index in [2.05, 4.69) is 32.1 Å². The molecule has 0 atom stereocenters. The molecule has 0 saturated heterocycles. The first-order valence-electron chi connectivity index (χ1n) is 7.02. The van der Waals surface area contributed by atoms with Gasteiger partial charge >= 0.3 is 0 Å². The number of amides is 2. The van der Waals surface area contributed by atoms with Crippen LogP contribution in [0.3, 0.4) is 0 Å². The smallest absolute Gasteiger partial charge is 0.269 e. The van der Waals surface area contributed by atoms with Crippen molar-refractivity contribution in [1.82, 2.24) is 16.2 Å². The number of ether oxygens (including phenoxy) is 1. The standard InChI is InChI=1S/C16H12BrCl2N3O3S/c1-25-13-5-2-8(6-11(13)17)14(23)21-22-16(26)20-15(24)10-4-3-9(18)7-12(10)19/h2-7H,1H3,(H,21,23)(H2,20,22,24,26). The summed E-state index contributed by atoms with van der Waals surface area (Å²) in [6.45, 7) is 0. The number of hydrazine groups is 1. The third-order valence-corrected chi connectivity index (χ3v) is 4.48. The average molecular weight is 477 g/mol. The van der Waals surface area contributed by atoms with E-state index in [-0.39, 0.29) is 15.7 Å². The Balaban J connectivity index is 1.92. The van der Waals surface area contributed by atoms with Gasteiger partial charge in [0.2, 0.25) is 0 Å². The molecule has 6 nitrogen and oxygen atoms in total. The molecule has 26 heavy (non-hydrogen) atoms. The molecule has 10 heteroatoms. The molecule has 0 bridgehead atoms. The zero-order valence-corrected chi connectivity index (χ0v) is 17.1. The van der Waals surface area contributed by atoms with Gasteiger partial charge in [-0.2, -0.15) is 0 Å². The summed E-state index contributed by atoms with van der Waals surface area (Å²) >= 11 is 20.0. The summed E-state index contributed by atoms with van der Waals surface area (Å²) in [6.07, 6.45) is 0. The summed E-state index contributed by atoms with van der Waals surface area (Å²) in [4.78, 5) is 24.2. The highest BCUT2D eigenvalue weighted by Crippen LogP contribution is 2.25. The number of hydrogen-bond donors (Lipinski definition) is 3. The number of hydrogen-bond acceptors (Lipinski definition) is 4. The number of carbonyl (C=O) groups excluding carboxylic acids is 2. The molecule has 0 aliphatic heterocycles. The van der Waals surface area contributed by atoms with Crippen LogP contribution in [-0.4, -0.2) is 24.0 Å². The van der Waals surface area contributed by atoms with Crippen molar-refractivity contribution in [2.75, 3.05) is 7.11 Å². The number of benzene rings is 2. The Morgan fingerprint density at radius 1 is 1.08 bits per heavy atom. The molecule has 0 saturated carbocycles.